The van der Waals surface area contributed by atoms with E-state index < -0.39 is 5.60 Å². The minimum atomic E-state index is -0.908. The molecular formula is C15H25NO3. The van der Waals surface area contributed by atoms with Gasteiger partial charge in [0.2, 0.25) is 0 Å². The van der Waals surface area contributed by atoms with Crippen molar-refractivity contribution in [2.45, 2.75) is 26.4 Å². The molecule has 0 amide bonds. The summed E-state index contributed by atoms with van der Waals surface area (Å²) in [4.78, 5) is 0. The van der Waals surface area contributed by atoms with Gasteiger partial charge in [-0.05, 0) is 49.6 Å². The SMILES string of the molecule is COCCNCC(C)(O)c1cc(C)c(OC)cc1C. The summed E-state index contributed by atoms with van der Waals surface area (Å²) in [6.07, 6.45) is 0. The largest absolute Gasteiger partial charge is 0.496 e. The van der Waals surface area contributed by atoms with Crippen molar-refractivity contribution < 1.29 is 14.6 Å². The quantitative estimate of drug-likeness (QED) is 0.739. The van der Waals surface area contributed by atoms with E-state index in [2.05, 4.69) is 5.32 Å². The third kappa shape index (κ3) is 4.20. The van der Waals surface area contributed by atoms with Gasteiger partial charge in [0.1, 0.15) is 5.75 Å². The van der Waals surface area contributed by atoms with Crippen LogP contribution in [0.25, 0.3) is 0 Å². The minimum Gasteiger partial charge on any atom is -0.496 e. The minimum absolute atomic E-state index is 0.489. The molecule has 0 aliphatic rings. The van der Waals surface area contributed by atoms with E-state index in [4.69, 9.17) is 9.47 Å². The molecule has 0 heterocycles. The number of aliphatic hydroxyl groups is 1. The van der Waals surface area contributed by atoms with E-state index in [0.717, 1.165) is 29.0 Å². The predicted octanol–water partition coefficient (Wildman–Crippen LogP) is 1.76. The number of hydrogen-bond donors (Lipinski definition) is 2. The Morgan fingerprint density at radius 3 is 2.47 bits per heavy atom. The molecule has 0 aliphatic heterocycles. The van der Waals surface area contributed by atoms with Gasteiger partial charge in [-0.2, -0.15) is 0 Å². The molecule has 0 fully saturated rings. The Morgan fingerprint density at radius 1 is 1.21 bits per heavy atom. The molecule has 0 spiro atoms. The van der Waals surface area contributed by atoms with Crippen LogP contribution in [0.2, 0.25) is 0 Å². The van der Waals surface area contributed by atoms with Crippen molar-refractivity contribution in [1.29, 1.82) is 0 Å². The Labute approximate surface area is 115 Å². The van der Waals surface area contributed by atoms with Gasteiger partial charge in [0, 0.05) is 20.2 Å². The van der Waals surface area contributed by atoms with Crippen LogP contribution in [0.5, 0.6) is 5.75 Å². The lowest BCUT2D eigenvalue weighted by molar-refractivity contribution is 0.0542. The molecule has 2 N–H and O–H groups in total. The topological polar surface area (TPSA) is 50.7 Å². The van der Waals surface area contributed by atoms with Crippen LogP contribution in [0.15, 0.2) is 12.1 Å². The summed E-state index contributed by atoms with van der Waals surface area (Å²) in [5.41, 5.74) is 2.08. The molecule has 4 heteroatoms. The highest BCUT2D eigenvalue weighted by Gasteiger charge is 2.25. The molecule has 1 rings (SSSR count). The van der Waals surface area contributed by atoms with E-state index >= 15 is 0 Å². The first-order valence-corrected chi connectivity index (χ1v) is 6.50. The Morgan fingerprint density at radius 2 is 1.89 bits per heavy atom. The Bertz CT molecular complexity index is 416. The summed E-state index contributed by atoms with van der Waals surface area (Å²) in [6.45, 7) is 7.64. The number of nitrogens with one attached hydrogen (secondary N) is 1. The zero-order chi connectivity index (χ0) is 14.5. The maximum absolute atomic E-state index is 10.6. The van der Waals surface area contributed by atoms with E-state index in [9.17, 15) is 5.11 Å². The second-order valence-electron chi connectivity index (χ2n) is 5.08. The van der Waals surface area contributed by atoms with Crippen LogP contribution in [0.1, 0.15) is 23.6 Å². The van der Waals surface area contributed by atoms with Gasteiger partial charge >= 0.3 is 0 Å². The molecule has 108 valence electrons. The zero-order valence-corrected chi connectivity index (χ0v) is 12.5. The standard InChI is InChI=1S/C15H25NO3/c1-11-9-14(19-5)12(2)8-13(11)15(3,17)10-16-6-7-18-4/h8-9,16-17H,6-7,10H2,1-5H3. The van der Waals surface area contributed by atoms with Gasteiger partial charge in [0.15, 0.2) is 0 Å². The lowest BCUT2D eigenvalue weighted by atomic mass is 9.90. The van der Waals surface area contributed by atoms with E-state index in [-0.39, 0.29) is 0 Å². The first-order chi connectivity index (χ1) is 8.92. The van der Waals surface area contributed by atoms with Gasteiger partial charge in [-0.3, -0.25) is 0 Å². The molecule has 0 aliphatic carbocycles. The summed E-state index contributed by atoms with van der Waals surface area (Å²) >= 11 is 0. The van der Waals surface area contributed by atoms with Crippen molar-refractivity contribution in [3.8, 4) is 5.75 Å². The first-order valence-electron chi connectivity index (χ1n) is 6.50. The molecule has 4 nitrogen and oxygen atoms in total. The molecule has 1 aromatic carbocycles. The lowest BCUT2D eigenvalue weighted by Gasteiger charge is -2.27. The summed E-state index contributed by atoms with van der Waals surface area (Å²) in [5.74, 6) is 0.851. The monoisotopic (exact) mass is 267 g/mol. The molecule has 0 saturated carbocycles. The summed E-state index contributed by atoms with van der Waals surface area (Å²) in [7, 11) is 3.32. The number of benzene rings is 1. The van der Waals surface area contributed by atoms with Crippen molar-refractivity contribution >= 4 is 0 Å². The van der Waals surface area contributed by atoms with Gasteiger partial charge in [0.25, 0.3) is 0 Å². The molecule has 1 aromatic rings. The number of rotatable bonds is 7. The smallest absolute Gasteiger partial charge is 0.122 e. The van der Waals surface area contributed by atoms with Crippen LogP contribution in [-0.4, -0.2) is 39.0 Å². The molecule has 19 heavy (non-hydrogen) atoms. The first kappa shape index (κ1) is 16.0. The Balaban J connectivity index is 2.85. The number of methoxy groups -OCH3 is 2. The third-order valence-corrected chi connectivity index (χ3v) is 3.27. The third-order valence-electron chi connectivity index (χ3n) is 3.27. The van der Waals surface area contributed by atoms with Crippen molar-refractivity contribution in [2.24, 2.45) is 0 Å². The van der Waals surface area contributed by atoms with Crippen LogP contribution in [0.4, 0.5) is 0 Å². The van der Waals surface area contributed by atoms with Crippen molar-refractivity contribution in [1.82, 2.24) is 5.32 Å². The van der Waals surface area contributed by atoms with Crippen LogP contribution < -0.4 is 10.1 Å². The fourth-order valence-corrected chi connectivity index (χ4v) is 2.19. The summed E-state index contributed by atoms with van der Waals surface area (Å²) in [5, 5.41) is 13.8. The second-order valence-corrected chi connectivity index (χ2v) is 5.08. The summed E-state index contributed by atoms with van der Waals surface area (Å²) in [6, 6.07) is 3.96. The highest BCUT2D eigenvalue weighted by atomic mass is 16.5. The number of ether oxygens (including phenoxy) is 2. The highest BCUT2D eigenvalue weighted by molar-refractivity contribution is 5.43. The summed E-state index contributed by atoms with van der Waals surface area (Å²) < 4.78 is 10.3. The van der Waals surface area contributed by atoms with Gasteiger partial charge in [-0.25, -0.2) is 0 Å². The Hall–Kier alpha value is -1.10. The van der Waals surface area contributed by atoms with E-state index in [1.54, 1.807) is 14.2 Å². The van der Waals surface area contributed by atoms with Crippen molar-refractivity contribution in [3.05, 3.63) is 28.8 Å². The molecule has 0 aromatic heterocycles. The zero-order valence-electron chi connectivity index (χ0n) is 12.5. The van der Waals surface area contributed by atoms with E-state index in [1.165, 1.54) is 0 Å². The van der Waals surface area contributed by atoms with Crippen molar-refractivity contribution in [2.75, 3.05) is 33.9 Å². The predicted molar refractivity (Wildman–Crippen MR) is 76.8 cm³/mol. The van der Waals surface area contributed by atoms with E-state index in [0.29, 0.717) is 13.2 Å². The molecule has 0 radical (unpaired) electrons. The van der Waals surface area contributed by atoms with Crippen LogP contribution in [0, 0.1) is 13.8 Å². The number of hydrogen-bond acceptors (Lipinski definition) is 4. The molecule has 1 atom stereocenters. The fourth-order valence-electron chi connectivity index (χ4n) is 2.19. The highest BCUT2D eigenvalue weighted by Crippen LogP contribution is 2.29. The maximum atomic E-state index is 10.6. The normalized spacial score (nSPS) is 14.2. The lowest BCUT2D eigenvalue weighted by Crippen LogP contribution is -2.37. The maximum Gasteiger partial charge on any atom is 0.122 e. The average Bonchev–Trinajstić information content (AvgIpc) is 2.36. The average molecular weight is 267 g/mol. The van der Waals surface area contributed by atoms with Crippen LogP contribution >= 0.6 is 0 Å². The molecular weight excluding hydrogens is 242 g/mol. The molecule has 0 saturated heterocycles. The number of aryl methyl sites for hydroxylation is 2. The van der Waals surface area contributed by atoms with Gasteiger partial charge in [-0.15, -0.1) is 0 Å². The molecule has 1 unspecified atom stereocenters. The van der Waals surface area contributed by atoms with Gasteiger partial charge in [-0.1, -0.05) is 0 Å². The van der Waals surface area contributed by atoms with E-state index in [1.807, 2.05) is 32.9 Å². The Kier molecular flexibility index (Phi) is 5.79. The van der Waals surface area contributed by atoms with Gasteiger partial charge in [0.05, 0.1) is 19.3 Å². The van der Waals surface area contributed by atoms with Crippen LogP contribution in [0.3, 0.4) is 0 Å². The van der Waals surface area contributed by atoms with Gasteiger partial charge < -0.3 is 19.9 Å². The van der Waals surface area contributed by atoms with Crippen LogP contribution in [-0.2, 0) is 10.3 Å². The molecule has 0 bridgehead atoms. The fraction of sp³-hybridized carbons (Fsp3) is 0.600. The van der Waals surface area contributed by atoms with Crippen molar-refractivity contribution in [3.63, 3.8) is 0 Å². The second kappa shape index (κ2) is 6.89.